The van der Waals surface area contributed by atoms with Crippen molar-refractivity contribution in [2.24, 2.45) is 0 Å². The number of carbonyl (C=O) groups is 2. The van der Waals surface area contributed by atoms with Crippen LogP contribution >= 0.6 is 22.7 Å². The number of hydrogen-bond donors (Lipinski definition) is 2. The SMILES string of the molecule is O=C/C=C/c1nn(-c2ccccc2)c2sc3c(=O)c4[nH]c5c(/C=C/C=O)nn(-c6ccccc6)c5sc4c(=O)c3[nH]c12. The van der Waals surface area contributed by atoms with Gasteiger partial charge in [-0.3, -0.25) is 19.2 Å². The predicted molar refractivity (Wildman–Crippen MR) is 167 cm³/mol. The zero-order valence-corrected chi connectivity index (χ0v) is 23.1. The van der Waals surface area contributed by atoms with Gasteiger partial charge in [0.25, 0.3) is 0 Å². The fourth-order valence-electron chi connectivity index (χ4n) is 4.77. The van der Waals surface area contributed by atoms with Crippen LogP contribution in [-0.2, 0) is 9.59 Å². The normalized spacial score (nSPS) is 12.0. The molecule has 0 atom stereocenters. The topological polar surface area (TPSA) is 135 Å². The number of nitrogens with one attached hydrogen (secondary N) is 2. The van der Waals surface area contributed by atoms with Crippen LogP contribution in [0, 0.1) is 0 Å². The lowest BCUT2D eigenvalue weighted by Crippen LogP contribution is -2.14. The Bertz CT molecular complexity index is 2220. The van der Waals surface area contributed by atoms with Crippen molar-refractivity contribution in [3.63, 3.8) is 0 Å². The van der Waals surface area contributed by atoms with Gasteiger partial charge in [0.1, 0.15) is 65.1 Å². The summed E-state index contributed by atoms with van der Waals surface area (Å²) in [5.74, 6) is 0. The summed E-state index contributed by atoms with van der Waals surface area (Å²) in [7, 11) is 0. The average molecular weight is 591 g/mol. The first-order chi connectivity index (χ1) is 20.6. The fourth-order valence-corrected chi connectivity index (χ4v) is 7.02. The summed E-state index contributed by atoms with van der Waals surface area (Å²) in [6.07, 6.45) is 7.06. The fraction of sp³-hybridized carbons (Fsp3) is 0. The lowest BCUT2D eigenvalue weighted by Gasteiger charge is -2.06. The van der Waals surface area contributed by atoms with Gasteiger partial charge < -0.3 is 9.97 Å². The third-order valence-electron chi connectivity index (χ3n) is 6.63. The van der Waals surface area contributed by atoms with Gasteiger partial charge in [0, 0.05) is 0 Å². The largest absolute Gasteiger partial charge is 0.347 e. The molecule has 0 spiro atoms. The number of para-hydroxylation sites is 2. The van der Waals surface area contributed by atoms with Gasteiger partial charge in [0.2, 0.25) is 10.9 Å². The zero-order valence-electron chi connectivity index (χ0n) is 21.5. The second-order valence-electron chi connectivity index (χ2n) is 9.14. The standard InChI is InChI=1S/C30H18N6O4S2/c37-15-7-13-19-21-29(35(33-19)17-9-3-1-4-10-17)41-27-23(31-21)26(40)28-24(25(27)39)32-22-20(14-8-16-38)34-36(30(22)42-28)18-11-5-2-6-12-18/h1-16,31-32H/b13-7+,14-8+. The maximum Gasteiger partial charge on any atom is 0.223 e. The van der Waals surface area contributed by atoms with Gasteiger partial charge in [0.15, 0.2) is 0 Å². The quantitative estimate of drug-likeness (QED) is 0.156. The van der Waals surface area contributed by atoms with Crippen molar-refractivity contribution in [1.29, 1.82) is 0 Å². The summed E-state index contributed by atoms with van der Waals surface area (Å²) < 4.78 is 3.81. The van der Waals surface area contributed by atoms with Crippen LogP contribution in [0.15, 0.2) is 82.4 Å². The van der Waals surface area contributed by atoms with Crippen LogP contribution in [0.2, 0.25) is 0 Å². The molecular formula is C30H18N6O4S2. The molecule has 0 radical (unpaired) electrons. The number of hydrogen-bond acceptors (Lipinski definition) is 8. The molecule has 204 valence electrons. The van der Waals surface area contributed by atoms with Gasteiger partial charge in [-0.1, -0.05) is 36.4 Å². The Labute approximate surface area is 243 Å². The number of aromatic amines is 2. The molecule has 0 bridgehead atoms. The van der Waals surface area contributed by atoms with Crippen LogP contribution in [0.5, 0.6) is 0 Å². The van der Waals surface area contributed by atoms with Crippen LogP contribution in [-0.4, -0.2) is 42.1 Å². The molecule has 10 nitrogen and oxygen atoms in total. The lowest BCUT2D eigenvalue weighted by molar-refractivity contribution is -0.104. The molecule has 2 N–H and O–H groups in total. The van der Waals surface area contributed by atoms with Crippen LogP contribution in [0.25, 0.3) is 64.7 Å². The second-order valence-corrected chi connectivity index (χ2v) is 11.1. The van der Waals surface area contributed by atoms with E-state index in [2.05, 4.69) is 20.2 Å². The Morgan fingerprint density at radius 1 is 0.595 bits per heavy atom. The Morgan fingerprint density at radius 2 is 1.00 bits per heavy atom. The number of fused-ring (bicyclic) bond motifs is 4. The third-order valence-corrected chi connectivity index (χ3v) is 8.95. The van der Waals surface area contributed by atoms with Crippen molar-refractivity contribution >= 4 is 88.5 Å². The second kappa shape index (κ2) is 10.2. The van der Waals surface area contributed by atoms with Crippen molar-refractivity contribution in [3.8, 4) is 11.4 Å². The molecule has 0 aliphatic rings. The van der Waals surface area contributed by atoms with Crippen molar-refractivity contribution in [1.82, 2.24) is 29.5 Å². The van der Waals surface area contributed by atoms with Gasteiger partial charge >= 0.3 is 0 Å². The smallest absolute Gasteiger partial charge is 0.223 e. The van der Waals surface area contributed by atoms with E-state index in [0.29, 0.717) is 44.7 Å². The van der Waals surface area contributed by atoms with E-state index in [4.69, 9.17) is 0 Å². The van der Waals surface area contributed by atoms with E-state index in [-0.39, 0.29) is 31.3 Å². The summed E-state index contributed by atoms with van der Waals surface area (Å²) >= 11 is 2.29. The van der Waals surface area contributed by atoms with Crippen LogP contribution in [0.3, 0.4) is 0 Å². The number of carbonyl (C=O) groups excluding carboxylic acids is 2. The molecule has 0 amide bonds. The Morgan fingerprint density at radius 3 is 1.38 bits per heavy atom. The van der Waals surface area contributed by atoms with Crippen molar-refractivity contribution in [2.75, 3.05) is 0 Å². The minimum atomic E-state index is -0.357. The van der Waals surface area contributed by atoms with Crippen LogP contribution < -0.4 is 10.9 Å². The molecule has 12 heteroatoms. The Kier molecular flexibility index (Phi) is 6.18. The van der Waals surface area contributed by atoms with Crippen LogP contribution in [0.1, 0.15) is 11.4 Å². The molecular weight excluding hydrogens is 573 g/mol. The number of H-pyrrole nitrogens is 2. The van der Waals surface area contributed by atoms with Gasteiger partial charge in [-0.05, 0) is 48.6 Å². The minimum Gasteiger partial charge on any atom is -0.347 e. The van der Waals surface area contributed by atoms with E-state index in [0.717, 1.165) is 34.0 Å². The Balaban J connectivity index is 1.59. The molecule has 0 saturated heterocycles. The molecule has 4 aromatic heterocycles. The van der Waals surface area contributed by atoms with E-state index < -0.39 is 0 Å². The molecule has 0 aliphatic carbocycles. The first-order valence-corrected chi connectivity index (χ1v) is 14.3. The monoisotopic (exact) mass is 590 g/mol. The van der Waals surface area contributed by atoms with Crippen molar-refractivity contribution in [2.45, 2.75) is 0 Å². The lowest BCUT2D eigenvalue weighted by atomic mass is 10.2. The highest BCUT2D eigenvalue weighted by Gasteiger charge is 2.21. The first kappa shape index (κ1) is 25.5. The summed E-state index contributed by atoms with van der Waals surface area (Å²) in [5, 5.41) is 9.33. The molecule has 42 heavy (non-hydrogen) atoms. The zero-order chi connectivity index (χ0) is 28.8. The molecule has 4 heterocycles. The highest BCUT2D eigenvalue weighted by molar-refractivity contribution is 7.25. The van der Waals surface area contributed by atoms with Gasteiger partial charge in [0.05, 0.1) is 11.4 Å². The number of benzene rings is 3. The molecule has 0 unspecified atom stereocenters. The Hall–Kier alpha value is -5.46. The highest BCUT2D eigenvalue weighted by Crippen LogP contribution is 2.32. The summed E-state index contributed by atoms with van der Waals surface area (Å²) in [4.78, 5) is 57.7. The first-order valence-electron chi connectivity index (χ1n) is 12.7. The molecule has 0 fully saturated rings. The minimum absolute atomic E-state index is 0.147. The number of aldehydes is 2. The number of aromatic nitrogens is 6. The van der Waals surface area contributed by atoms with Crippen molar-refractivity contribution < 1.29 is 9.59 Å². The predicted octanol–water partition coefficient (Wildman–Crippen LogP) is 5.16. The average Bonchev–Trinajstić information content (AvgIpc) is 3.58. The molecule has 0 saturated carbocycles. The molecule has 3 aromatic carbocycles. The van der Waals surface area contributed by atoms with Crippen LogP contribution in [0.4, 0.5) is 0 Å². The van der Waals surface area contributed by atoms with E-state index in [1.807, 2.05) is 60.7 Å². The van der Waals surface area contributed by atoms with E-state index in [9.17, 15) is 19.2 Å². The van der Waals surface area contributed by atoms with Gasteiger partial charge in [-0.15, -0.1) is 22.7 Å². The van der Waals surface area contributed by atoms with E-state index in [1.54, 1.807) is 21.5 Å². The summed E-state index contributed by atoms with van der Waals surface area (Å²) in [6.45, 7) is 0. The molecule has 0 aliphatic heterocycles. The maximum absolute atomic E-state index is 14.0. The molecule has 7 rings (SSSR count). The summed E-state index contributed by atoms with van der Waals surface area (Å²) in [5.41, 5.74) is 3.03. The van der Waals surface area contributed by atoms with Gasteiger partial charge in [-0.2, -0.15) is 10.2 Å². The van der Waals surface area contributed by atoms with Gasteiger partial charge in [-0.25, -0.2) is 9.36 Å². The van der Waals surface area contributed by atoms with Crippen molar-refractivity contribution in [3.05, 3.63) is 105 Å². The number of allylic oxidation sites excluding steroid dienone is 2. The highest BCUT2D eigenvalue weighted by atomic mass is 32.1. The number of rotatable bonds is 6. The van der Waals surface area contributed by atoms with E-state index in [1.165, 1.54) is 12.2 Å². The third kappa shape index (κ3) is 4.00. The number of nitrogens with zero attached hydrogens (tertiary/aromatic N) is 4. The van der Waals surface area contributed by atoms with E-state index >= 15 is 0 Å². The molecule has 7 aromatic rings. The summed E-state index contributed by atoms with van der Waals surface area (Å²) in [6, 6.07) is 18.7. The maximum atomic E-state index is 14.0.